The highest BCUT2D eigenvalue weighted by Crippen LogP contribution is 2.27. The predicted octanol–water partition coefficient (Wildman–Crippen LogP) is 4.29. The third kappa shape index (κ3) is 2.90. The van der Waals surface area contributed by atoms with Gasteiger partial charge in [0, 0.05) is 16.9 Å². The van der Waals surface area contributed by atoms with Gasteiger partial charge in [-0.05, 0) is 32.0 Å². The van der Waals surface area contributed by atoms with E-state index in [1.807, 2.05) is 24.7 Å². The fourth-order valence-corrected chi connectivity index (χ4v) is 1.97. The summed E-state index contributed by atoms with van der Waals surface area (Å²) in [5.74, 6) is 1.02. The van der Waals surface area contributed by atoms with Gasteiger partial charge in [0.1, 0.15) is 11.6 Å². The molecule has 0 aliphatic heterocycles. The standard InChI is InChI=1S/C13H14BrFN2O/c1-9(2)17-8-12(7-16-17)18-13-4-3-11(15)5-10(13)6-14/h3-5,7-9H,6H2,1-2H3. The average Bonchev–Trinajstić information content (AvgIpc) is 2.80. The zero-order valence-electron chi connectivity index (χ0n) is 10.2. The van der Waals surface area contributed by atoms with Crippen molar-refractivity contribution in [2.45, 2.75) is 25.2 Å². The molecular weight excluding hydrogens is 299 g/mol. The smallest absolute Gasteiger partial charge is 0.165 e. The Hall–Kier alpha value is -1.36. The van der Waals surface area contributed by atoms with E-state index in [0.717, 1.165) is 5.56 Å². The van der Waals surface area contributed by atoms with Gasteiger partial charge in [0.2, 0.25) is 0 Å². The van der Waals surface area contributed by atoms with E-state index >= 15 is 0 Å². The van der Waals surface area contributed by atoms with Crippen LogP contribution < -0.4 is 4.74 Å². The molecule has 0 bridgehead atoms. The molecule has 0 saturated carbocycles. The molecule has 1 heterocycles. The summed E-state index contributed by atoms with van der Waals surface area (Å²) in [6, 6.07) is 4.75. The van der Waals surface area contributed by atoms with Crippen LogP contribution in [0.15, 0.2) is 30.6 Å². The number of nitrogens with zero attached hydrogens (tertiary/aromatic N) is 2. The number of benzene rings is 1. The monoisotopic (exact) mass is 312 g/mol. The summed E-state index contributed by atoms with van der Waals surface area (Å²) in [6.45, 7) is 4.08. The third-order valence-corrected chi connectivity index (χ3v) is 3.11. The summed E-state index contributed by atoms with van der Waals surface area (Å²) < 4.78 is 20.6. The van der Waals surface area contributed by atoms with E-state index < -0.39 is 0 Å². The van der Waals surface area contributed by atoms with Crippen molar-refractivity contribution in [1.82, 2.24) is 9.78 Å². The first-order chi connectivity index (χ1) is 8.60. The summed E-state index contributed by atoms with van der Waals surface area (Å²) in [5, 5.41) is 4.73. The largest absolute Gasteiger partial charge is 0.454 e. The number of hydrogen-bond acceptors (Lipinski definition) is 2. The molecule has 0 spiro atoms. The lowest BCUT2D eigenvalue weighted by atomic mass is 10.2. The predicted molar refractivity (Wildman–Crippen MR) is 71.7 cm³/mol. The zero-order valence-corrected chi connectivity index (χ0v) is 11.8. The van der Waals surface area contributed by atoms with Crippen molar-refractivity contribution in [3.05, 3.63) is 42.0 Å². The van der Waals surface area contributed by atoms with Gasteiger partial charge in [-0.1, -0.05) is 15.9 Å². The molecule has 0 N–H and O–H groups in total. The van der Waals surface area contributed by atoms with Crippen molar-refractivity contribution in [3.63, 3.8) is 0 Å². The van der Waals surface area contributed by atoms with Gasteiger partial charge in [-0.3, -0.25) is 4.68 Å². The summed E-state index contributed by atoms with van der Waals surface area (Å²) in [5.41, 5.74) is 0.771. The maximum Gasteiger partial charge on any atom is 0.165 e. The minimum atomic E-state index is -0.269. The molecule has 0 atom stereocenters. The molecule has 18 heavy (non-hydrogen) atoms. The minimum Gasteiger partial charge on any atom is -0.454 e. The lowest BCUT2D eigenvalue weighted by molar-refractivity contribution is 0.471. The van der Waals surface area contributed by atoms with E-state index in [0.29, 0.717) is 16.8 Å². The Morgan fingerprint density at radius 3 is 2.83 bits per heavy atom. The quantitative estimate of drug-likeness (QED) is 0.787. The molecular formula is C13H14BrFN2O. The molecule has 0 amide bonds. The molecule has 0 unspecified atom stereocenters. The van der Waals surface area contributed by atoms with Gasteiger partial charge in [-0.15, -0.1) is 0 Å². The van der Waals surface area contributed by atoms with Gasteiger partial charge in [0.15, 0.2) is 5.75 Å². The fourth-order valence-electron chi connectivity index (χ4n) is 1.53. The second kappa shape index (κ2) is 5.52. The Kier molecular flexibility index (Phi) is 4.01. The van der Waals surface area contributed by atoms with Crippen LogP contribution in [0.25, 0.3) is 0 Å². The Labute approximate surface area is 114 Å². The molecule has 2 aromatic rings. The van der Waals surface area contributed by atoms with Crippen molar-refractivity contribution in [2.24, 2.45) is 0 Å². The van der Waals surface area contributed by atoms with Crippen LogP contribution >= 0.6 is 15.9 Å². The van der Waals surface area contributed by atoms with E-state index in [1.165, 1.54) is 12.1 Å². The molecule has 5 heteroatoms. The Morgan fingerprint density at radius 2 is 2.22 bits per heavy atom. The summed E-state index contributed by atoms with van der Waals surface area (Å²) in [6.07, 6.45) is 3.48. The molecule has 1 aromatic carbocycles. The first-order valence-corrected chi connectivity index (χ1v) is 6.78. The topological polar surface area (TPSA) is 27.1 Å². The fraction of sp³-hybridized carbons (Fsp3) is 0.308. The van der Waals surface area contributed by atoms with Gasteiger partial charge in [0.05, 0.1) is 12.4 Å². The normalized spacial score (nSPS) is 10.9. The van der Waals surface area contributed by atoms with E-state index in [4.69, 9.17) is 4.74 Å². The van der Waals surface area contributed by atoms with E-state index in [-0.39, 0.29) is 11.9 Å². The van der Waals surface area contributed by atoms with E-state index in [9.17, 15) is 4.39 Å². The Morgan fingerprint density at radius 1 is 1.44 bits per heavy atom. The highest BCUT2D eigenvalue weighted by molar-refractivity contribution is 9.08. The average molecular weight is 313 g/mol. The highest BCUT2D eigenvalue weighted by Gasteiger charge is 2.08. The second-order valence-electron chi connectivity index (χ2n) is 4.24. The second-order valence-corrected chi connectivity index (χ2v) is 4.80. The molecule has 96 valence electrons. The van der Waals surface area contributed by atoms with E-state index in [2.05, 4.69) is 21.0 Å². The number of aromatic nitrogens is 2. The first-order valence-electron chi connectivity index (χ1n) is 5.66. The molecule has 2 rings (SSSR count). The van der Waals surface area contributed by atoms with Crippen molar-refractivity contribution in [1.29, 1.82) is 0 Å². The Balaban J connectivity index is 2.22. The number of halogens is 2. The lowest BCUT2D eigenvalue weighted by Gasteiger charge is -2.08. The summed E-state index contributed by atoms with van der Waals surface area (Å²) in [7, 11) is 0. The van der Waals surface area contributed by atoms with Crippen LogP contribution in [-0.4, -0.2) is 9.78 Å². The maximum atomic E-state index is 13.1. The van der Waals surface area contributed by atoms with Crippen LogP contribution in [0.1, 0.15) is 25.5 Å². The molecule has 0 saturated heterocycles. The van der Waals surface area contributed by atoms with Crippen LogP contribution in [0.5, 0.6) is 11.5 Å². The SMILES string of the molecule is CC(C)n1cc(Oc2ccc(F)cc2CBr)cn1. The first kappa shape index (κ1) is 13.1. The van der Waals surface area contributed by atoms with Gasteiger partial charge in [-0.25, -0.2) is 4.39 Å². The van der Waals surface area contributed by atoms with Crippen molar-refractivity contribution in [2.75, 3.05) is 0 Å². The molecule has 0 aliphatic rings. The van der Waals surface area contributed by atoms with Crippen LogP contribution in [0.3, 0.4) is 0 Å². The van der Waals surface area contributed by atoms with Crippen molar-refractivity contribution in [3.8, 4) is 11.5 Å². The molecule has 0 aliphatic carbocycles. The number of ether oxygens (including phenoxy) is 1. The van der Waals surface area contributed by atoms with Crippen molar-refractivity contribution >= 4 is 15.9 Å². The van der Waals surface area contributed by atoms with Gasteiger partial charge < -0.3 is 4.74 Å². The number of rotatable bonds is 4. The summed E-state index contributed by atoms with van der Waals surface area (Å²) >= 11 is 3.32. The van der Waals surface area contributed by atoms with Crippen LogP contribution in [0.4, 0.5) is 4.39 Å². The van der Waals surface area contributed by atoms with Crippen LogP contribution in [-0.2, 0) is 5.33 Å². The van der Waals surface area contributed by atoms with Crippen molar-refractivity contribution < 1.29 is 9.13 Å². The lowest BCUT2D eigenvalue weighted by Crippen LogP contribution is -1.99. The Bertz CT molecular complexity index is 540. The molecule has 0 radical (unpaired) electrons. The molecule has 0 fully saturated rings. The number of alkyl halides is 1. The zero-order chi connectivity index (χ0) is 13.1. The number of hydrogen-bond donors (Lipinski definition) is 0. The third-order valence-electron chi connectivity index (χ3n) is 2.50. The highest BCUT2D eigenvalue weighted by atomic mass is 79.9. The van der Waals surface area contributed by atoms with Crippen LogP contribution in [0.2, 0.25) is 0 Å². The maximum absolute atomic E-state index is 13.1. The minimum absolute atomic E-state index is 0.269. The van der Waals surface area contributed by atoms with Crippen LogP contribution in [0, 0.1) is 5.82 Å². The van der Waals surface area contributed by atoms with Gasteiger partial charge in [0.25, 0.3) is 0 Å². The molecule has 3 nitrogen and oxygen atoms in total. The van der Waals surface area contributed by atoms with E-state index in [1.54, 1.807) is 12.3 Å². The molecule has 1 aromatic heterocycles. The van der Waals surface area contributed by atoms with Gasteiger partial charge in [-0.2, -0.15) is 5.10 Å². The summed E-state index contributed by atoms with van der Waals surface area (Å²) in [4.78, 5) is 0. The van der Waals surface area contributed by atoms with Gasteiger partial charge >= 0.3 is 0 Å².